The average molecular weight is 275 g/mol. The summed E-state index contributed by atoms with van der Waals surface area (Å²) in [6.45, 7) is 6.95. The summed E-state index contributed by atoms with van der Waals surface area (Å²) in [5.41, 5.74) is -0.470. The van der Waals surface area contributed by atoms with Crippen LogP contribution in [-0.2, 0) is 16.6 Å². The number of hydrogen-bond acceptors (Lipinski definition) is 4. The van der Waals surface area contributed by atoms with E-state index in [0.29, 0.717) is 12.2 Å². The van der Waals surface area contributed by atoms with E-state index in [1.54, 1.807) is 14.0 Å². The highest BCUT2D eigenvalue weighted by Gasteiger charge is 2.34. The Kier molecular flexibility index (Phi) is 4.25. The van der Waals surface area contributed by atoms with E-state index in [-0.39, 0.29) is 17.3 Å². The summed E-state index contributed by atoms with van der Waals surface area (Å²) >= 11 is 0. The van der Waals surface area contributed by atoms with Crippen molar-refractivity contribution < 1.29 is 17.9 Å². The van der Waals surface area contributed by atoms with Crippen molar-refractivity contribution in [3.8, 4) is 0 Å². The first-order valence-corrected chi connectivity index (χ1v) is 7.30. The van der Waals surface area contributed by atoms with Gasteiger partial charge in [0.15, 0.2) is 0 Å². The quantitative estimate of drug-likeness (QED) is 0.890. The predicted molar refractivity (Wildman–Crippen MR) is 68.7 cm³/mol. The van der Waals surface area contributed by atoms with E-state index in [9.17, 15) is 8.42 Å². The van der Waals surface area contributed by atoms with Crippen LogP contribution < -0.4 is 0 Å². The second kappa shape index (κ2) is 5.03. The third-order valence-electron chi connectivity index (χ3n) is 3.44. The predicted octanol–water partition coefficient (Wildman–Crippen LogP) is 1.89. The molecule has 0 radical (unpaired) electrons. The maximum Gasteiger partial charge on any atom is 0.246 e. The summed E-state index contributed by atoms with van der Waals surface area (Å²) < 4.78 is 31.5. The normalized spacial score (nSPS) is 13.3. The molecule has 1 aromatic rings. The number of hydrogen-bond donors (Lipinski definition) is 1. The van der Waals surface area contributed by atoms with Crippen molar-refractivity contribution in [3.63, 3.8) is 0 Å². The van der Waals surface area contributed by atoms with Gasteiger partial charge in [0.25, 0.3) is 0 Å². The molecular weight excluding hydrogens is 254 g/mol. The molecule has 0 spiro atoms. The number of nitrogens with zero attached hydrogens (tertiary/aromatic N) is 1. The zero-order valence-electron chi connectivity index (χ0n) is 11.5. The van der Waals surface area contributed by atoms with Gasteiger partial charge in [-0.1, -0.05) is 6.92 Å². The number of sulfonamides is 1. The molecule has 0 unspecified atom stereocenters. The van der Waals surface area contributed by atoms with Gasteiger partial charge in [-0.15, -0.1) is 0 Å². The highest BCUT2D eigenvalue weighted by atomic mass is 32.2. The third-order valence-corrected chi connectivity index (χ3v) is 5.61. The lowest BCUT2D eigenvalue weighted by Crippen LogP contribution is -2.44. The van der Waals surface area contributed by atoms with Gasteiger partial charge in [-0.2, -0.15) is 4.31 Å². The molecule has 0 amide bonds. The second-order valence-corrected chi connectivity index (χ2v) is 6.87. The van der Waals surface area contributed by atoms with Gasteiger partial charge in [0, 0.05) is 18.7 Å². The van der Waals surface area contributed by atoms with Crippen LogP contribution >= 0.6 is 0 Å². The number of aliphatic hydroxyl groups is 1. The Hall–Kier alpha value is -0.850. The maximum atomic E-state index is 12.5. The first-order chi connectivity index (χ1) is 8.16. The van der Waals surface area contributed by atoms with Crippen LogP contribution in [0, 0.1) is 6.92 Å². The summed E-state index contributed by atoms with van der Waals surface area (Å²) in [5, 5.41) is 8.98. The minimum Gasteiger partial charge on any atom is -0.462 e. The van der Waals surface area contributed by atoms with E-state index in [1.807, 2.05) is 20.8 Å². The lowest BCUT2D eigenvalue weighted by molar-refractivity contribution is 0.244. The summed E-state index contributed by atoms with van der Waals surface area (Å²) in [5.74, 6) is 0.562. The van der Waals surface area contributed by atoms with Crippen molar-refractivity contribution in [1.82, 2.24) is 4.31 Å². The van der Waals surface area contributed by atoms with Crippen LogP contribution in [0.4, 0.5) is 0 Å². The van der Waals surface area contributed by atoms with Gasteiger partial charge in [-0.05, 0) is 27.2 Å². The zero-order valence-corrected chi connectivity index (χ0v) is 12.3. The van der Waals surface area contributed by atoms with Gasteiger partial charge < -0.3 is 9.52 Å². The van der Waals surface area contributed by atoms with Gasteiger partial charge >= 0.3 is 0 Å². The smallest absolute Gasteiger partial charge is 0.246 e. The van der Waals surface area contributed by atoms with Gasteiger partial charge in [0.1, 0.15) is 23.0 Å². The average Bonchev–Trinajstić information content (AvgIpc) is 2.70. The lowest BCUT2D eigenvalue weighted by atomic mass is 10.0. The Bertz CT molecular complexity index is 516. The second-order valence-electron chi connectivity index (χ2n) is 4.93. The molecule has 0 aliphatic heterocycles. The Labute approximate surface area is 108 Å². The summed E-state index contributed by atoms with van der Waals surface area (Å²) in [4.78, 5) is 0.121. The molecule has 0 saturated carbocycles. The molecule has 1 aromatic heterocycles. The summed E-state index contributed by atoms with van der Waals surface area (Å²) in [6.07, 6.45) is 0.701. The number of aryl methyl sites for hydroxylation is 1. The fourth-order valence-corrected chi connectivity index (χ4v) is 3.31. The molecule has 1 heterocycles. The fraction of sp³-hybridized carbons (Fsp3) is 0.667. The van der Waals surface area contributed by atoms with Crippen molar-refractivity contribution in [2.45, 2.75) is 51.2 Å². The molecule has 0 aliphatic rings. The summed E-state index contributed by atoms with van der Waals surface area (Å²) in [7, 11) is -2.04. The van der Waals surface area contributed by atoms with Crippen LogP contribution in [0.5, 0.6) is 0 Å². The van der Waals surface area contributed by atoms with Crippen molar-refractivity contribution in [2.75, 3.05) is 7.05 Å². The largest absolute Gasteiger partial charge is 0.462 e. The van der Waals surface area contributed by atoms with Gasteiger partial charge in [-0.3, -0.25) is 0 Å². The highest BCUT2D eigenvalue weighted by molar-refractivity contribution is 7.89. The molecule has 1 rings (SSSR count). The monoisotopic (exact) mass is 275 g/mol. The van der Waals surface area contributed by atoms with Crippen LogP contribution in [-0.4, -0.2) is 30.4 Å². The van der Waals surface area contributed by atoms with Crippen LogP contribution in [0.2, 0.25) is 0 Å². The molecule has 0 aromatic carbocycles. The van der Waals surface area contributed by atoms with Crippen molar-refractivity contribution in [1.29, 1.82) is 0 Å². The first-order valence-electron chi connectivity index (χ1n) is 5.86. The molecular formula is C12H21NO4S. The van der Waals surface area contributed by atoms with E-state index in [1.165, 1.54) is 10.4 Å². The van der Waals surface area contributed by atoms with E-state index in [4.69, 9.17) is 9.52 Å². The molecule has 0 bridgehead atoms. The Morgan fingerprint density at radius 3 is 2.39 bits per heavy atom. The Morgan fingerprint density at radius 1 is 1.44 bits per heavy atom. The molecule has 0 saturated heterocycles. The standard InChI is InChI=1S/C12H21NO4S/c1-6-12(3,4)13(5)18(15,16)11-7-10(8-14)17-9(11)2/h7,14H,6,8H2,1-5H3. The van der Waals surface area contributed by atoms with E-state index in [0.717, 1.165) is 0 Å². The van der Waals surface area contributed by atoms with Gasteiger partial charge in [0.05, 0.1) is 0 Å². The SMILES string of the molecule is CCC(C)(C)N(C)S(=O)(=O)c1cc(CO)oc1C. The molecule has 104 valence electrons. The van der Waals surface area contributed by atoms with Crippen molar-refractivity contribution >= 4 is 10.0 Å². The van der Waals surface area contributed by atoms with Crippen LogP contribution in [0.15, 0.2) is 15.4 Å². The van der Waals surface area contributed by atoms with Gasteiger partial charge in [-0.25, -0.2) is 8.42 Å². The minimum atomic E-state index is -3.60. The Balaban J connectivity index is 3.25. The van der Waals surface area contributed by atoms with Crippen LogP contribution in [0.1, 0.15) is 38.7 Å². The molecule has 0 aliphatic carbocycles. The molecule has 5 nitrogen and oxygen atoms in total. The van der Waals surface area contributed by atoms with E-state index in [2.05, 4.69) is 0 Å². The lowest BCUT2D eigenvalue weighted by Gasteiger charge is -2.33. The minimum absolute atomic E-state index is 0.121. The number of rotatable bonds is 5. The highest BCUT2D eigenvalue weighted by Crippen LogP contribution is 2.28. The third kappa shape index (κ3) is 2.60. The van der Waals surface area contributed by atoms with Crippen molar-refractivity contribution in [3.05, 3.63) is 17.6 Å². The molecule has 6 heteroatoms. The van der Waals surface area contributed by atoms with E-state index >= 15 is 0 Å². The Morgan fingerprint density at radius 2 is 2.00 bits per heavy atom. The van der Waals surface area contributed by atoms with Crippen LogP contribution in [0.25, 0.3) is 0 Å². The number of aliphatic hydroxyl groups excluding tert-OH is 1. The first kappa shape index (κ1) is 15.2. The maximum absolute atomic E-state index is 12.5. The zero-order chi connectivity index (χ0) is 14.1. The molecule has 18 heavy (non-hydrogen) atoms. The fourth-order valence-electron chi connectivity index (χ4n) is 1.55. The van der Waals surface area contributed by atoms with Gasteiger partial charge in [0.2, 0.25) is 10.0 Å². The molecule has 0 fully saturated rings. The summed E-state index contributed by atoms with van der Waals surface area (Å²) in [6, 6.07) is 1.38. The topological polar surface area (TPSA) is 70.8 Å². The van der Waals surface area contributed by atoms with Crippen molar-refractivity contribution in [2.24, 2.45) is 0 Å². The molecule has 1 N–H and O–H groups in total. The molecule has 0 atom stereocenters. The van der Waals surface area contributed by atoms with Crippen LogP contribution in [0.3, 0.4) is 0 Å². The van der Waals surface area contributed by atoms with E-state index < -0.39 is 15.6 Å². The number of furan rings is 1.